The summed E-state index contributed by atoms with van der Waals surface area (Å²) in [5, 5.41) is 9.35. The number of rotatable bonds is 3. The average Bonchev–Trinajstić information content (AvgIpc) is 3.10. The highest BCUT2D eigenvalue weighted by molar-refractivity contribution is 5.54. The van der Waals surface area contributed by atoms with E-state index in [4.69, 9.17) is 4.74 Å². The third-order valence-corrected chi connectivity index (χ3v) is 5.06. The highest BCUT2D eigenvalue weighted by atomic mass is 16.5. The third kappa shape index (κ3) is 2.71. The van der Waals surface area contributed by atoms with Crippen molar-refractivity contribution in [2.75, 3.05) is 36.5 Å². The molecule has 0 bridgehead atoms. The van der Waals surface area contributed by atoms with E-state index in [-0.39, 0.29) is 6.04 Å². The molecule has 0 amide bonds. The van der Waals surface area contributed by atoms with E-state index in [0.717, 1.165) is 38.3 Å². The highest BCUT2D eigenvalue weighted by Crippen LogP contribution is 2.37. The lowest BCUT2D eigenvalue weighted by Gasteiger charge is -2.39. The molecule has 0 aromatic carbocycles. The number of aromatic nitrogens is 4. The largest absolute Gasteiger partial charge is 0.478 e. The van der Waals surface area contributed by atoms with Gasteiger partial charge in [0.05, 0.1) is 13.2 Å². The maximum Gasteiger partial charge on any atom is 0.257 e. The van der Waals surface area contributed by atoms with Crippen molar-refractivity contribution in [1.29, 1.82) is 5.26 Å². The number of hydrogen-bond donors (Lipinski definition) is 0. The highest BCUT2D eigenvalue weighted by Gasteiger charge is 2.40. The lowest BCUT2D eigenvalue weighted by atomic mass is 9.92. The summed E-state index contributed by atoms with van der Waals surface area (Å²) < 4.78 is 5.36. The van der Waals surface area contributed by atoms with Crippen molar-refractivity contribution >= 4 is 11.6 Å². The van der Waals surface area contributed by atoms with Gasteiger partial charge in [0.15, 0.2) is 17.3 Å². The molecular weight excluding hydrogens is 318 g/mol. The summed E-state index contributed by atoms with van der Waals surface area (Å²) in [5.41, 5.74) is 0.386. The summed E-state index contributed by atoms with van der Waals surface area (Å²) in [6.07, 6.45) is 8.71. The summed E-state index contributed by atoms with van der Waals surface area (Å²) in [5.74, 6) is 2.59. The molecule has 0 saturated carbocycles. The van der Waals surface area contributed by atoms with Crippen LogP contribution < -0.4 is 14.5 Å². The van der Waals surface area contributed by atoms with Crippen LogP contribution in [0.4, 0.5) is 11.6 Å². The van der Waals surface area contributed by atoms with E-state index in [1.807, 2.05) is 0 Å². The minimum atomic E-state index is 0.282. The molecule has 2 unspecified atom stereocenters. The fraction of sp³-hybridized carbons (Fsp3) is 0.471. The Labute approximate surface area is 146 Å². The normalized spacial score (nSPS) is 22.4. The zero-order valence-corrected chi connectivity index (χ0v) is 14.0. The van der Waals surface area contributed by atoms with Gasteiger partial charge in [-0.05, 0) is 18.8 Å². The van der Waals surface area contributed by atoms with Gasteiger partial charge in [0.1, 0.15) is 6.07 Å². The summed E-state index contributed by atoms with van der Waals surface area (Å²) in [7, 11) is 1.61. The topological polar surface area (TPSA) is 91.1 Å². The van der Waals surface area contributed by atoms with Crippen LogP contribution in [0.25, 0.3) is 0 Å². The van der Waals surface area contributed by atoms with E-state index < -0.39 is 0 Å². The lowest BCUT2D eigenvalue weighted by Crippen LogP contribution is -2.49. The molecule has 2 atom stereocenters. The number of fused-ring (bicyclic) bond motifs is 1. The Hall–Kier alpha value is -2.95. The number of anilines is 2. The zero-order valence-electron chi connectivity index (χ0n) is 14.0. The van der Waals surface area contributed by atoms with Crippen molar-refractivity contribution in [2.45, 2.75) is 18.9 Å². The van der Waals surface area contributed by atoms with Gasteiger partial charge in [0.25, 0.3) is 5.88 Å². The molecular formula is C17H19N7O. The van der Waals surface area contributed by atoms with Gasteiger partial charge in [-0.2, -0.15) is 5.26 Å². The van der Waals surface area contributed by atoms with E-state index in [9.17, 15) is 5.26 Å². The second-order valence-corrected chi connectivity index (χ2v) is 6.27. The van der Waals surface area contributed by atoms with Gasteiger partial charge in [0, 0.05) is 44.4 Å². The van der Waals surface area contributed by atoms with Gasteiger partial charge < -0.3 is 14.5 Å². The number of nitrogens with zero attached hydrogens (tertiary/aromatic N) is 7. The number of nitriles is 1. The van der Waals surface area contributed by atoms with Crippen molar-refractivity contribution in [3.63, 3.8) is 0 Å². The molecule has 8 nitrogen and oxygen atoms in total. The quantitative estimate of drug-likeness (QED) is 0.826. The number of ether oxygens (including phenoxy) is 1. The maximum atomic E-state index is 9.35. The van der Waals surface area contributed by atoms with E-state index in [1.165, 1.54) is 0 Å². The second-order valence-electron chi connectivity index (χ2n) is 6.27. The minimum absolute atomic E-state index is 0.282. The molecule has 0 spiro atoms. The van der Waals surface area contributed by atoms with Gasteiger partial charge in [-0.15, -0.1) is 0 Å². The van der Waals surface area contributed by atoms with Gasteiger partial charge >= 0.3 is 0 Å². The Morgan fingerprint density at radius 2 is 1.76 bits per heavy atom. The first kappa shape index (κ1) is 15.6. The van der Waals surface area contributed by atoms with Crippen LogP contribution in [-0.4, -0.2) is 52.7 Å². The molecule has 2 saturated heterocycles. The molecule has 2 aromatic rings. The first-order valence-corrected chi connectivity index (χ1v) is 8.39. The standard InChI is InChI=1S/C17H19N7O/c1-25-17-16(21-6-7-22-17)23-8-2-12-3-9-24(14(12)11-23)15-13(10-18)19-4-5-20-15/h4-7,12,14H,2-3,8-9,11H2,1H3. The summed E-state index contributed by atoms with van der Waals surface area (Å²) in [6, 6.07) is 2.44. The molecule has 2 aliphatic rings. The molecule has 2 fully saturated rings. The minimum Gasteiger partial charge on any atom is -0.478 e. The van der Waals surface area contributed by atoms with E-state index in [1.54, 1.807) is 31.9 Å². The monoisotopic (exact) mass is 337 g/mol. The maximum absolute atomic E-state index is 9.35. The molecule has 8 heteroatoms. The summed E-state index contributed by atoms with van der Waals surface area (Å²) in [6.45, 7) is 2.63. The van der Waals surface area contributed by atoms with Crippen molar-refractivity contribution < 1.29 is 4.74 Å². The second kappa shape index (κ2) is 6.51. The van der Waals surface area contributed by atoms with Crippen molar-refractivity contribution in [2.24, 2.45) is 5.92 Å². The van der Waals surface area contributed by atoms with Crippen LogP contribution >= 0.6 is 0 Å². The smallest absolute Gasteiger partial charge is 0.257 e. The lowest BCUT2D eigenvalue weighted by molar-refractivity contribution is 0.371. The predicted octanol–water partition coefficient (Wildman–Crippen LogP) is 1.25. The molecule has 0 N–H and O–H groups in total. The van der Waals surface area contributed by atoms with Crippen LogP contribution in [0.3, 0.4) is 0 Å². The molecule has 0 aliphatic carbocycles. The van der Waals surface area contributed by atoms with Crippen LogP contribution in [0.15, 0.2) is 24.8 Å². The molecule has 2 aliphatic heterocycles. The Kier molecular flexibility index (Phi) is 4.06. The predicted molar refractivity (Wildman–Crippen MR) is 91.4 cm³/mol. The van der Waals surface area contributed by atoms with Crippen molar-refractivity contribution in [3.8, 4) is 11.9 Å². The van der Waals surface area contributed by atoms with E-state index in [0.29, 0.717) is 23.3 Å². The molecule has 0 radical (unpaired) electrons. The Morgan fingerprint density at radius 1 is 1.04 bits per heavy atom. The van der Waals surface area contributed by atoms with Crippen LogP contribution in [0, 0.1) is 17.2 Å². The third-order valence-electron chi connectivity index (χ3n) is 5.06. The molecule has 4 heterocycles. The zero-order chi connectivity index (χ0) is 17.2. The summed E-state index contributed by atoms with van der Waals surface area (Å²) in [4.78, 5) is 21.7. The molecule has 25 heavy (non-hydrogen) atoms. The van der Waals surface area contributed by atoms with E-state index in [2.05, 4.69) is 35.8 Å². The molecule has 2 aromatic heterocycles. The van der Waals surface area contributed by atoms with Gasteiger partial charge in [-0.3, -0.25) is 0 Å². The van der Waals surface area contributed by atoms with Crippen LogP contribution in [0.1, 0.15) is 18.5 Å². The number of methoxy groups -OCH3 is 1. The first-order chi connectivity index (χ1) is 12.3. The Balaban J connectivity index is 1.62. The van der Waals surface area contributed by atoms with Crippen LogP contribution in [0.2, 0.25) is 0 Å². The van der Waals surface area contributed by atoms with Gasteiger partial charge in [0.2, 0.25) is 0 Å². The van der Waals surface area contributed by atoms with Crippen LogP contribution in [0.5, 0.6) is 5.88 Å². The Morgan fingerprint density at radius 3 is 2.56 bits per heavy atom. The first-order valence-electron chi connectivity index (χ1n) is 8.39. The van der Waals surface area contributed by atoms with Crippen molar-refractivity contribution in [1.82, 2.24) is 19.9 Å². The van der Waals surface area contributed by atoms with Crippen molar-refractivity contribution in [3.05, 3.63) is 30.5 Å². The number of hydrogen-bond acceptors (Lipinski definition) is 8. The van der Waals surface area contributed by atoms with Gasteiger partial charge in [-0.1, -0.05) is 0 Å². The average molecular weight is 337 g/mol. The molecule has 128 valence electrons. The Bertz CT molecular complexity index is 806. The fourth-order valence-corrected chi connectivity index (χ4v) is 3.89. The SMILES string of the molecule is COc1nccnc1N1CCC2CCN(c3nccnc3C#N)C2C1. The van der Waals surface area contributed by atoms with Crippen LogP contribution in [-0.2, 0) is 0 Å². The van der Waals surface area contributed by atoms with E-state index >= 15 is 0 Å². The fourth-order valence-electron chi connectivity index (χ4n) is 3.89. The molecule has 4 rings (SSSR count). The summed E-state index contributed by atoms with van der Waals surface area (Å²) >= 11 is 0. The number of piperidine rings is 1. The van der Waals surface area contributed by atoms with Gasteiger partial charge in [-0.25, -0.2) is 19.9 Å².